The van der Waals surface area contributed by atoms with Gasteiger partial charge in [-0.05, 0) is 42.8 Å². The summed E-state index contributed by atoms with van der Waals surface area (Å²) in [4.78, 5) is 16.9. The normalized spacial score (nSPS) is 14.4. The third-order valence-electron chi connectivity index (χ3n) is 5.46. The van der Waals surface area contributed by atoms with Gasteiger partial charge in [-0.3, -0.25) is 4.79 Å². The number of carbonyl (C=O) groups is 1. The molecule has 2 aromatic carbocycles. The number of para-hydroxylation sites is 1. The molecule has 0 spiro atoms. The van der Waals surface area contributed by atoms with Gasteiger partial charge in [0.15, 0.2) is 0 Å². The molecule has 0 unspecified atom stereocenters. The maximum absolute atomic E-state index is 12.7. The summed E-state index contributed by atoms with van der Waals surface area (Å²) < 4.78 is 1.74. The lowest BCUT2D eigenvalue weighted by Crippen LogP contribution is -2.48. The molecule has 7 heteroatoms. The first-order valence-corrected chi connectivity index (χ1v) is 11.0. The lowest BCUT2D eigenvalue weighted by Gasteiger charge is -2.35. The molecule has 0 aliphatic carbocycles. The molecule has 1 fully saturated rings. The second kappa shape index (κ2) is 9.58. The Morgan fingerprint density at radius 1 is 1.00 bits per heavy atom. The minimum Gasteiger partial charge on any atom is -0.368 e. The number of piperazine rings is 1. The Hall–Kier alpha value is -2.76. The van der Waals surface area contributed by atoms with Gasteiger partial charge in [0.2, 0.25) is 5.91 Å². The molecule has 0 radical (unpaired) electrons. The fourth-order valence-electron chi connectivity index (χ4n) is 3.71. The highest BCUT2D eigenvalue weighted by Crippen LogP contribution is 2.23. The highest BCUT2D eigenvalue weighted by molar-refractivity contribution is 6.31. The molecule has 1 aromatic heterocycles. The van der Waals surface area contributed by atoms with Gasteiger partial charge in [0.25, 0.3) is 0 Å². The fourth-order valence-corrected chi connectivity index (χ4v) is 4.13. The number of aromatic nitrogens is 2. The summed E-state index contributed by atoms with van der Waals surface area (Å²) in [6.07, 6.45) is 3.37. The van der Waals surface area contributed by atoms with Crippen LogP contribution >= 0.6 is 23.2 Å². The molecule has 2 heterocycles. The van der Waals surface area contributed by atoms with Crippen molar-refractivity contribution in [1.82, 2.24) is 14.7 Å². The van der Waals surface area contributed by atoms with E-state index in [4.69, 9.17) is 23.2 Å². The Bertz CT molecular complexity index is 1070. The highest BCUT2D eigenvalue weighted by atomic mass is 35.5. The minimum absolute atomic E-state index is 0.00590. The van der Waals surface area contributed by atoms with Crippen molar-refractivity contribution in [2.45, 2.75) is 13.5 Å². The van der Waals surface area contributed by atoms with E-state index in [2.05, 4.69) is 22.1 Å². The summed E-state index contributed by atoms with van der Waals surface area (Å²) in [7, 11) is 0. The quantitative estimate of drug-likeness (QED) is 0.514. The maximum Gasteiger partial charge on any atom is 0.246 e. The van der Waals surface area contributed by atoms with Crippen molar-refractivity contribution < 1.29 is 4.79 Å². The van der Waals surface area contributed by atoms with Crippen LogP contribution in [0.5, 0.6) is 0 Å². The van der Waals surface area contributed by atoms with Gasteiger partial charge >= 0.3 is 0 Å². The standard InChI is InChI=1S/C24H24Cl2N4O/c1-18-22(24(26)30(27-18)17-19-7-9-20(25)10-8-19)11-12-23(31)29-15-13-28(14-16-29)21-5-3-2-4-6-21/h2-12H,13-17H2,1H3/b12-11+. The van der Waals surface area contributed by atoms with Gasteiger partial charge in [0.05, 0.1) is 12.2 Å². The van der Waals surface area contributed by atoms with Crippen LogP contribution in [0.1, 0.15) is 16.8 Å². The SMILES string of the molecule is Cc1nn(Cc2ccc(Cl)cc2)c(Cl)c1/C=C/C(=O)N1CCN(c2ccccc2)CC1. The van der Waals surface area contributed by atoms with Gasteiger partial charge < -0.3 is 9.80 Å². The molecule has 1 amide bonds. The third kappa shape index (κ3) is 5.12. The number of hydrogen-bond donors (Lipinski definition) is 0. The number of amides is 1. The van der Waals surface area contributed by atoms with Gasteiger partial charge in [-0.15, -0.1) is 0 Å². The minimum atomic E-state index is -0.00590. The predicted molar refractivity (Wildman–Crippen MR) is 127 cm³/mol. The van der Waals surface area contributed by atoms with Gasteiger partial charge in [0, 0.05) is 48.5 Å². The molecule has 1 saturated heterocycles. The van der Waals surface area contributed by atoms with E-state index in [0.717, 1.165) is 29.9 Å². The zero-order chi connectivity index (χ0) is 21.8. The van der Waals surface area contributed by atoms with Crippen LogP contribution in [0.3, 0.4) is 0 Å². The Labute approximate surface area is 192 Å². The van der Waals surface area contributed by atoms with E-state index < -0.39 is 0 Å². The second-order valence-electron chi connectivity index (χ2n) is 7.56. The van der Waals surface area contributed by atoms with Gasteiger partial charge in [-0.2, -0.15) is 5.10 Å². The Balaban J connectivity index is 1.39. The molecule has 3 aromatic rings. The number of rotatable bonds is 5. The largest absolute Gasteiger partial charge is 0.368 e. The molecule has 0 bridgehead atoms. The summed E-state index contributed by atoms with van der Waals surface area (Å²) in [6.45, 7) is 5.47. The van der Waals surface area contributed by atoms with Crippen LogP contribution in [0.4, 0.5) is 5.69 Å². The molecule has 1 aliphatic heterocycles. The van der Waals surface area contributed by atoms with Crippen LogP contribution in [0.2, 0.25) is 10.2 Å². The van der Waals surface area contributed by atoms with Gasteiger partial charge in [0.1, 0.15) is 5.15 Å². The zero-order valence-corrected chi connectivity index (χ0v) is 18.9. The van der Waals surface area contributed by atoms with Crippen LogP contribution in [-0.4, -0.2) is 46.8 Å². The summed E-state index contributed by atoms with van der Waals surface area (Å²) in [6, 6.07) is 17.9. The highest BCUT2D eigenvalue weighted by Gasteiger charge is 2.20. The molecule has 31 heavy (non-hydrogen) atoms. The van der Waals surface area contributed by atoms with E-state index in [0.29, 0.717) is 29.8 Å². The smallest absolute Gasteiger partial charge is 0.246 e. The van der Waals surface area contributed by atoms with Crippen molar-refractivity contribution in [2.24, 2.45) is 0 Å². The van der Waals surface area contributed by atoms with Crippen molar-refractivity contribution in [2.75, 3.05) is 31.1 Å². The fraction of sp³-hybridized carbons (Fsp3) is 0.250. The predicted octanol–water partition coefficient (Wildman–Crippen LogP) is 4.91. The summed E-state index contributed by atoms with van der Waals surface area (Å²) >= 11 is 12.5. The second-order valence-corrected chi connectivity index (χ2v) is 8.35. The first kappa shape index (κ1) is 21.5. The number of anilines is 1. The van der Waals surface area contributed by atoms with Crippen LogP contribution in [0, 0.1) is 6.92 Å². The Morgan fingerprint density at radius 2 is 1.68 bits per heavy atom. The number of aryl methyl sites for hydroxylation is 1. The van der Waals surface area contributed by atoms with Crippen molar-refractivity contribution in [1.29, 1.82) is 0 Å². The first-order valence-electron chi connectivity index (χ1n) is 10.3. The average molecular weight is 455 g/mol. The van der Waals surface area contributed by atoms with Crippen molar-refractivity contribution in [3.8, 4) is 0 Å². The van der Waals surface area contributed by atoms with Crippen molar-refractivity contribution in [3.05, 3.63) is 87.7 Å². The lowest BCUT2D eigenvalue weighted by molar-refractivity contribution is -0.126. The average Bonchev–Trinajstić information content (AvgIpc) is 3.06. The molecular weight excluding hydrogens is 431 g/mol. The van der Waals surface area contributed by atoms with E-state index in [1.165, 1.54) is 5.69 Å². The van der Waals surface area contributed by atoms with E-state index in [-0.39, 0.29) is 5.91 Å². The zero-order valence-electron chi connectivity index (χ0n) is 17.3. The molecule has 160 valence electrons. The van der Waals surface area contributed by atoms with Gasteiger partial charge in [-0.25, -0.2) is 4.68 Å². The van der Waals surface area contributed by atoms with E-state index in [1.54, 1.807) is 16.8 Å². The first-order chi connectivity index (χ1) is 15.0. The number of benzene rings is 2. The maximum atomic E-state index is 12.7. The van der Waals surface area contributed by atoms with Crippen molar-refractivity contribution >= 4 is 40.9 Å². The molecule has 1 aliphatic rings. The number of halogens is 2. The van der Waals surface area contributed by atoms with E-state index in [9.17, 15) is 4.79 Å². The summed E-state index contributed by atoms with van der Waals surface area (Å²) in [5.41, 5.74) is 3.81. The molecule has 4 rings (SSSR count). The molecule has 0 atom stereocenters. The Morgan fingerprint density at radius 3 is 2.35 bits per heavy atom. The van der Waals surface area contributed by atoms with E-state index in [1.807, 2.05) is 54.3 Å². The van der Waals surface area contributed by atoms with Crippen LogP contribution in [-0.2, 0) is 11.3 Å². The number of carbonyl (C=O) groups excluding carboxylic acids is 1. The summed E-state index contributed by atoms with van der Waals surface area (Å²) in [5.74, 6) is -0.00590. The molecule has 5 nitrogen and oxygen atoms in total. The summed E-state index contributed by atoms with van der Waals surface area (Å²) in [5, 5.41) is 5.74. The topological polar surface area (TPSA) is 41.4 Å². The van der Waals surface area contributed by atoms with Crippen molar-refractivity contribution in [3.63, 3.8) is 0 Å². The number of hydrogen-bond acceptors (Lipinski definition) is 3. The monoisotopic (exact) mass is 454 g/mol. The molecular formula is C24H24Cl2N4O. The third-order valence-corrected chi connectivity index (χ3v) is 6.11. The Kier molecular flexibility index (Phi) is 6.64. The number of nitrogens with zero attached hydrogens (tertiary/aromatic N) is 4. The van der Waals surface area contributed by atoms with Crippen LogP contribution in [0.15, 0.2) is 60.7 Å². The lowest BCUT2D eigenvalue weighted by atomic mass is 10.2. The molecule has 0 N–H and O–H groups in total. The van der Waals surface area contributed by atoms with Crippen LogP contribution in [0.25, 0.3) is 6.08 Å². The van der Waals surface area contributed by atoms with E-state index >= 15 is 0 Å². The molecule has 0 saturated carbocycles. The van der Waals surface area contributed by atoms with Gasteiger partial charge in [-0.1, -0.05) is 53.5 Å². The van der Waals surface area contributed by atoms with Crippen LogP contribution < -0.4 is 4.90 Å².